The van der Waals surface area contributed by atoms with Crippen LogP contribution in [0.15, 0.2) is 18.2 Å². The van der Waals surface area contributed by atoms with E-state index in [1.54, 1.807) is 0 Å². The Morgan fingerprint density at radius 1 is 0.958 bits per heavy atom. The minimum Gasteiger partial charge on any atom is -0.494 e. The van der Waals surface area contributed by atoms with Gasteiger partial charge >= 0.3 is 11.9 Å². The maximum Gasteiger partial charge on any atom is 0.335 e. The molecule has 0 aliphatic heterocycles. The van der Waals surface area contributed by atoms with Crippen molar-refractivity contribution in [1.82, 2.24) is 0 Å². The van der Waals surface area contributed by atoms with Gasteiger partial charge in [-0.3, -0.25) is 0 Å². The average molecular weight is 377 g/mol. The molecule has 0 saturated carbocycles. The number of rotatable bonds is 9. The van der Waals surface area contributed by atoms with Crippen molar-refractivity contribution in [3.8, 4) is 5.75 Å². The van der Waals surface area contributed by atoms with Gasteiger partial charge in [0.1, 0.15) is 5.75 Å². The van der Waals surface area contributed by atoms with E-state index >= 15 is 0 Å². The molecule has 0 aliphatic carbocycles. The SMILES string of the molecule is CS(C)(C)CS(C)(C)CCCOc1cc(C(=O)O)cc(C(=O)O)c1. The first-order valence-corrected chi connectivity index (χ1v) is 13.3. The number of carboxylic acids is 2. The molecule has 0 spiro atoms. The third-order valence-electron chi connectivity index (χ3n) is 3.18. The fourth-order valence-electron chi connectivity index (χ4n) is 2.59. The summed E-state index contributed by atoms with van der Waals surface area (Å²) in [5.74, 6) is -0.952. The third-order valence-corrected chi connectivity index (χ3v) is 9.96. The molecule has 0 fully saturated rings. The molecule has 0 aromatic heterocycles. The summed E-state index contributed by atoms with van der Waals surface area (Å²) in [4.78, 5) is 22.2. The van der Waals surface area contributed by atoms with Crippen LogP contribution >= 0.6 is 20.1 Å². The molecule has 0 aliphatic rings. The summed E-state index contributed by atoms with van der Waals surface area (Å²) in [5.41, 5.74) is -0.153. The predicted molar refractivity (Wildman–Crippen MR) is 105 cm³/mol. The van der Waals surface area contributed by atoms with E-state index in [9.17, 15) is 9.59 Å². The van der Waals surface area contributed by atoms with Crippen molar-refractivity contribution in [2.45, 2.75) is 6.42 Å². The van der Waals surface area contributed by atoms with Crippen LogP contribution < -0.4 is 4.74 Å². The van der Waals surface area contributed by atoms with Crippen molar-refractivity contribution in [2.75, 3.05) is 48.7 Å². The molecule has 1 rings (SSSR count). The summed E-state index contributed by atoms with van der Waals surface area (Å²) in [6.07, 6.45) is 12.5. The molecule has 0 heterocycles. The lowest BCUT2D eigenvalue weighted by atomic mass is 10.1. The van der Waals surface area contributed by atoms with Gasteiger partial charge in [0.2, 0.25) is 0 Å². The van der Waals surface area contributed by atoms with Crippen LogP contribution in [-0.4, -0.2) is 70.9 Å². The predicted octanol–water partition coefficient (Wildman–Crippen LogP) is 3.57. The lowest BCUT2D eigenvalue weighted by molar-refractivity contribution is 0.0696. The normalized spacial score (nSPS) is 13.4. The topological polar surface area (TPSA) is 83.8 Å². The Kier molecular flexibility index (Phi) is 7.04. The molecule has 5 nitrogen and oxygen atoms in total. The number of benzene rings is 1. The fraction of sp³-hybridized carbons (Fsp3) is 0.529. The van der Waals surface area contributed by atoms with Crippen LogP contribution in [-0.2, 0) is 0 Å². The Labute approximate surface area is 147 Å². The van der Waals surface area contributed by atoms with Crippen molar-refractivity contribution < 1.29 is 24.5 Å². The van der Waals surface area contributed by atoms with E-state index in [-0.39, 0.29) is 11.1 Å². The quantitative estimate of drug-likeness (QED) is 0.644. The molecule has 1 aromatic rings. The highest BCUT2D eigenvalue weighted by atomic mass is 32.3. The van der Waals surface area contributed by atoms with Gasteiger partial charge in [0.05, 0.1) is 17.7 Å². The second-order valence-corrected chi connectivity index (χ2v) is 16.3. The highest BCUT2D eigenvalue weighted by Gasteiger charge is 2.18. The van der Waals surface area contributed by atoms with Crippen LogP contribution in [0.4, 0.5) is 0 Å². The molecule has 0 atom stereocenters. The summed E-state index contributed by atoms with van der Waals surface area (Å²) in [6, 6.07) is 3.87. The van der Waals surface area contributed by atoms with Crippen LogP contribution in [0.2, 0.25) is 0 Å². The Hall–Kier alpha value is -1.34. The monoisotopic (exact) mass is 376 g/mol. The largest absolute Gasteiger partial charge is 0.494 e. The standard InChI is InChI=1S/C17H28O5S2/c1-23(2,3)12-24(4,5)8-6-7-22-15-10-13(16(18)19)9-14(11-15)17(20)21/h9-11H,6-8,12H2,1-5H3,(H,18,19)(H,20,21). The fourth-order valence-corrected chi connectivity index (χ4v) is 11.6. The minimum atomic E-state index is -1.17. The molecule has 7 heteroatoms. The van der Waals surface area contributed by atoms with E-state index in [1.807, 2.05) is 0 Å². The molecule has 0 amide bonds. The number of ether oxygens (including phenoxy) is 1. The Morgan fingerprint density at radius 3 is 1.88 bits per heavy atom. The van der Waals surface area contributed by atoms with Gasteiger partial charge in [-0.25, -0.2) is 29.6 Å². The molecular weight excluding hydrogens is 348 g/mol. The third kappa shape index (κ3) is 7.49. The van der Waals surface area contributed by atoms with Gasteiger partial charge in [0.25, 0.3) is 0 Å². The molecule has 1 aromatic carbocycles. The zero-order valence-electron chi connectivity index (χ0n) is 15.0. The molecule has 0 unspecified atom stereocenters. The van der Waals surface area contributed by atoms with Gasteiger partial charge < -0.3 is 14.9 Å². The summed E-state index contributed by atoms with van der Waals surface area (Å²) in [7, 11) is -1.20. The van der Waals surface area contributed by atoms with Crippen molar-refractivity contribution in [2.24, 2.45) is 0 Å². The van der Waals surface area contributed by atoms with Crippen LogP contribution in [0.3, 0.4) is 0 Å². The molecule has 24 heavy (non-hydrogen) atoms. The summed E-state index contributed by atoms with van der Waals surface area (Å²) in [6.45, 7) is 0.456. The number of aromatic carboxylic acids is 2. The van der Waals surface area contributed by atoms with Crippen LogP contribution in [0, 0.1) is 0 Å². The molecular formula is C17H28O5S2. The Bertz CT molecular complexity index is 573. The zero-order chi connectivity index (χ0) is 18.5. The highest BCUT2D eigenvalue weighted by molar-refractivity contribution is 8.47. The van der Waals surface area contributed by atoms with E-state index in [4.69, 9.17) is 14.9 Å². The molecule has 138 valence electrons. The van der Waals surface area contributed by atoms with Crippen molar-refractivity contribution in [3.05, 3.63) is 29.3 Å². The average Bonchev–Trinajstić information content (AvgIpc) is 2.40. The lowest BCUT2D eigenvalue weighted by Crippen LogP contribution is -2.13. The highest BCUT2D eigenvalue weighted by Crippen LogP contribution is 2.53. The smallest absolute Gasteiger partial charge is 0.335 e. The molecule has 0 saturated heterocycles. The van der Waals surface area contributed by atoms with E-state index in [0.29, 0.717) is 12.4 Å². The first kappa shape index (κ1) is 20.7. The van der Waals surface area contributed by atoms with E-state index in [2.05, 4.69) is 31.3 Å². The minimum absolute atomic E-state index is 0.0767. The van der Waals surface area contributed by atoms with Crippen LogP contribution in [0.5, 0.6) is 5.75 Å². The van der Waals surface area contributed by atoms with Crippen molar-refractivity contribution >= 4 is 32.0 Å². The first-order chi connectivity index (χ1) is 10.9. The van der Waals surface area contributed by atoms with Gasteiger partial charge in [-0.1, -0.05) is 0 Å². The van der Waals surface area contributed by atoms with Crippen molar-refractivity contribution in [1.29, 1.82) is 0 Å². The summed E-state index contributed by atoms with van der Waals surface area (Å²) in [5, 5.41) is 19.4. The van der Waals surface area contributed by atoms with Crippen LogP contribution in [0.25, 0.3) is 0 Å². The number of hydrogen-bond donors (Lipinski definition) is 2. The second kappa shape index (κ2) is 8.16. The molecule has 2 N–H and O–H groups in total. The van der Waals surface area contributed by atoms with E-state index < -0.39 is 32.0 Å². The van der Waals surface area contributed by atoms with E-state index in [1.165, 1.54) is 17.2 Å². The lowest BCUT2D eigenvalue weighted by Gasteiger charge is -2.40. The van der Waals surface area contributed by atoms with Gasteiger partial charge in [-0.2, -0.15) is 0 Å². The molecule has 0 bridgehead atoms. The summed E-state index contributed by atoms with van der Waals surface area (Å²) < 4.78 is 5.61. The Balaban J connectivity index is 2.65. The van der Waals surface area contributed by atoms with Gasteiger partial charge in [0, 0.05) is 5.08 Å². The summed E-state index contributed by atoms with van der Waals surface area (Å²) >= 11 is 0. The maximum absolute atomic E-state index is 11.1. The van der Waals surface area contributed by atoms with Crippen LogP contribution in [0.1, 0.15) is 27.1 Å². The van der Waals surface area contributed by atoms with Gasteiger partial charge in [-0.15, -0.1) is 0 Å². The second-order valence-electron chi connectivity index (χ2n) is 7.24. The van der Waals surface area contributed by atoms with Gasteiger partial charge in [-0.05, 0) is 61.7 Å². The van der Waals surface area contributed by atoms with E-state index in [0.717, 1.165) is 18.2 Å². The number of hydrogen-bond acceptors (Lipinski definition) is 3. The molecule has 0 radical (unpaired) electrons. The Morgan fingerprint density at radius 2 is 1.46 bits per heavy atom. The number of carboxylic acid groups (broad SMARTS) is 2. The first-order valence-electron chi connectivity index (χ1n) is 7.49. The zero-order valence-corrected chi connectivity index (χ0v) is 16.6. The van der Waals surface area contributed by atoms with Gasteiger partial charge in [0.15, 0.2) is 0 Å². The maximum atomic E-state index is 11.1. The van der Waals surface area contributed by atoms with Crippen molar-refractivity contribution in [3.63, 3.8) is 0 Å². The number of carbonyl (C=O) groups is 2.